The highest BCUT2D eigenvalue weighted by Crippen LogP contribution is 2.34. The summed E-state index contributed by atoms with van der Waals surface area (Å²) in [5, 5.41) is 4.18. The SMILES string of the molecule is C[C@H](NC(=O)C[C@H](c1cccc(F)c1)c1cn(C)c2ccccc12)c1ccccc1. The summed E-state index contributed by atoms with van der Waals surface area (Å²) in [6.07, 6.45) is 2.29. The first kappa shape index (κ1) is 19.9. The minimum atomic E-state index is -0.296. The first-order valence-electron chi connectivity index (χ1n) is 10.2. The zero-order valence-corrected chi connectivity index (χ0v) is 17.2. The van der Waals surface area contributed by atoms with Gasteiger partial charge >= 0.3 is 0 Å². The lowest BCUT2D eigenvalue weighted by Crippen LogP contribution is -2.28. The van der Waals surface area contributed by atoms with Crippen molar-refractivity contribution in [2.24, 2.45) is 7.05 Å². The number of fused-ring (bicyclic) bond motifs is 1. The van der Waals surface area contributed by atoms with Crippen LogP contribution in [-0.4, -0.2) is 10.5 Å². The van der Waals surface area contributed by atoms with Crippen LogP contribution in [0.4, 0.5) is 4.39 Å². The van der Waals surface area contributed by atoms with E-state index in [1.807, 2.05) is 68.7 Å². The van der Waals surface area contributed by atoms with Gasteiger partial charge < -0.3 is 9.88 Å². The summed E-state index contributed by atoms with van der Waals surface area (Å²) in [7, 11) is 1.99. The number of amides is 1. The monoisotopic (exact) mass is 400 g/mol. The summed E-state index contributed by atoms with van der Waals surface area (Å²) in [4.78, 5) is 13.0. The quantitative estimate of drug-likeness (QED) is 0.441. The van der Waals surface area contributed by atoms with Crippen molar-refractivity contribution in [3.8, 4) is 0 Å². The number of carbonyl (C=O) groups is 1. The number of benzene rings is 3. The average molecular weight is 400 g/mol. The van der Waals surface area contributed by atoms with E-state index < -0.39 is 0 Å². The summed E-state index contributed by atoms with van der Waals surface area (Å²) < 4.78 is 16.1. The van der Waals surface area contributed by atoms with Crippen molar-refractivity contribution < 1.29 is 9.18 Å². The third-order valence-electron chi connectivity index (χ3n) is 5.62. The lowest BCUT2D eigenvalue weighted by atomic mass is 9.87. The molecular formula is C26H25FN2O. The molecule has 3 nitrogen and oxygen atoms in total. The van der Waals surface area contributed by atoms with Gasteiger partial charge in [-0.3, -0.25) is 4.79 Å². The number of hydrogen-bond donors (Lipinski definition) is 1. The molecule has 0 saturated heterocycles. The Morgan fingerprint density at radius 2 is 1.67 bits per heavy atom. The van der Waals surface area contributed by atoms with Crippen molar-refractivity contribution >= 4 is 16.8 Å². The molecule has 4 aromatic rings. The van der Waals surface area contributed by atoms with E-state index in [4.69, 9.17) is 0 Å². The zero-order valence-electron chi connectivity index (χ0n) is 17.2. The molecule has 0 bridgehead atoms. The van der Waals surface area contributed by atoms with Gasteiger partial charge in [-0.25, -0.2) is 4.39 Å². The summed E-state index contributed by atoms with van der Waals surface area (Å²) in [5.41, 5.74) is 3.97. The fourth-order valence-electron chi connectivity index (χ4n) is 4.09. The van der Waals surface area contributed by atoms with E-state index in [1.165, 1.54) is 12.1 Å². The maximum absolute atomic E-state index is 14.0. The van der Waals surface area contributed by atoms with Gasteiger partial charge in [0.2, 0.25) is 5.91 Å². The molecule has 0 spiro atoms. The molecule has 0 unspecified atom stereocenters. The molecule has 1 aromatic heterocycles. The highest BCUT2D eigenvalue weighted by atomic mass is 19.1. The van der Waals surface area contributed by atoms with E-state index in [2.05, 4.69) is 22.0 Å². The molecule has 0 radical (unpaired) electrons. The molecule has 152 valence electrons. The number of nitrogens with zero attached hydrogens (tertiary/aromatic N) is 1. The number of rotatable bonds is 6. The molecule has 3 aromatic carbocycles. The van der Waals surface area contributed by atoms with Gasteiger partial charge in [0.25, 0.3) is 0 Å². The Kier molecular flexibility index (Phi) is 5.66. The summed E-state index contributed by atoms with van der Waals surface area (Å²) in [6, 6.07) is 24.4. The minimum absolute atomic E-state index is 0.0615. The lowest BCUT2D eigenvalue weighted by Gasteiger charge is -2.20. The van der Waals surface area contributed by atoms with Crippen LogP contribution in [0, 0.1) is 5.82 Å². The zero-order chi connectivity index (χ0) is 21.1. The largest absolute Gasteiger partial charge is 0.350 e. The van der Waals surface area contributed by atoms with E-state index in [1.54, 1.807) is 6.07 Å². The third kappa shape index (κ3) is 4.13. The van der Waals surface area contributed by atoms with Gasteiger partial charge in [0.1, 0.15) is 5.82 Å². The van der Waals surface area contributed by atoms with Gasteiger partial charge in [0.05, 0.1) is 6.04 Å². The third-order valence-corrected chi connectivity index (χ3v) is 5.62. The topological polar surface area (TPSA) is 34.0 Å². The second kappa shape index (κ2) is 8.54. The smallest absolute Gasteiger partial charge is 0.221 e. The number of aryl methyl sites for hydroxylation is 1. The van der Waals surface area contributed by atoms with Gasteiger partial charge in [0, 0.05) is 36.5 Å². The Morgan fingerprint density at radius 3 is 2.43 bits per heavy atom. The van der Waals surface area contributed by atoms with Crippen molar-refractivity contribution in [2.75, 3.05) is 0 Å². The van der Waals surface area contributed by atoms with Crippen LogP contribution in [0.15, 0.2) is 85.1 Å². The lowest BCUT2D eigenvalue weighted by molar-refractivity contribution is -0.121. The van der Waals surface area contributed by atoms with Gasteiger partial charge in [-0.2, -0.15) is 0 Å². The highest BCUT2D eigenvalue weighted by Gasteiger charge is 2.23. The van der Waals surface area contributed by atoms with Gasteiger partial charge in [-0.15, -0.1) is 0 Å². The Morgan fingerprint density at radius 1 is 0.967 bits per heavy atom. The molecule has 0 fully saturated rings. The van der Waals surface area contributed by atoms with Crippen LogP contribution in [-0.2, 0) is 11.8 Å². The van der Waals surface area contributed by atoms with Crippen LogP contribution in [0.2, 0.25) is 0 Å². The summed E-state index contributed by atoms with van der Waals surface area (Å²) in [5.74, 6) is -0.598. The molecule has 30 heavy (non-hydrogen) atoms. The second-order valence-corrected chi connectivity index (χ2v) is 7.72. The van der Waals surface area contributed by atoms with Crippen LogP contribution in [0.5, 0.6) is 0 Å². The van der Waals surface area contributed by atoms with E-state index >= 15 is 0 Å². The van der Waals surface area contributed by atoms with Crippen molar-refractivity contribution in [2.45, 2.75) is 25.3 Å². The predicted molar refractivity (Wildman–Crippen MR) is 119 cm³/mol. The van der Waals surface area contributed by atoms with E-state index in [0.717, 1.165) is 27.6 Å². The fraction of sp³-hybridized carbons (Fsp3) is 0.192. The van der Waals surface area contributed by atoms with Crippen LogP contribution < -0.4 is 5.32 Å². The van der Waals surface area contributed by atoms with E-state index in [9.17, 15) is 9.18 Å². The average Bonchev–Trinajstić information content (AvgIpc) is 3.09. The number of carbonyl (C=O) groups excluding carboxylic acids is 1. The standard InChI is InChI=1S/C26H25FN2O/c1-18(19-9-4-3-5-10-19)28-26(30)16-23(20-11-8-12-21(27)15-20)24-17-29(2)25-14-7-6-13-22(24)25/h3-15,17-18,23H,16H2,1-2H3,(H,28,30)/t18-,23+/m0/s1. The molecule has 1 heterocycles. The molecule has 0 aliphatic rings. The summed E-state index contributed by atoms with van der Waals surface area (Å²) >= 11 is 0. The normalized spacial score (nSPS) is 13.2. The second-order valence-electron chi connectivity index (χ2n) is 7.72. The minimum Gasteiger partial charge on any atom is -0.350 e. The Bertz CT molecular complexity index is 1170. The van der Waals surface area contributed by atoms with Crippen LogP contribution in [0.25, 0.3) is 10.9 Å². The van der Waals surface area contributed by atoms with E-state index in [-0.39, 0.29) is 30.1 Å². The molecule has 4 rings (SSSR count). The molecule has 0 saturated carbocycles. The molecule has 1 amide bonds. The number of para-hydroxylation sites is 1. The predicted octanol–water partition coefficient (Wildman–Crippen LogP) is 5.72. The number of halogens is 1. The first-order chi connectivity index (χ1) is 14.5. The fourth-order valence-corrected chi connectivity index (χ4v) is 4.09. The molecule has 0 aliphatic carbocycles. The van der Waals surface area contributed by atoms with Crippen LogP contribution in [0.3, 0.4) is 0 Å². The van der Waals surface area contributed by atoms with Crippen LogP contribution >= 0.6 is 0 Å². The molecular weight excluding hydrogens is 375 g/mol. The molecule has 1 N–H and O–H groups in total. The van der Waals surface area contributed by atoms with Crippen molar-refractivity contribution in [3.63, 3.8) is 0 Å². The molecule has 4 heteroatoms. The van der Waals surface area contributed by atoms with Crippen molar-refractivity contribution in [3.05, 3.63) is 108 Å². The van der Waals surface area contributed by atoms with E-state index in [0.29, 0.717) is 0 Å². The number of nitrogens with one attached hydrogen (secondary N) is 1. The molecule has 0 aliphatic heterocycles. The highest BCUT2D eigenvalue weighted by molar-refractivity contribution is 5.86. The van der Waals surface area contributed by atoms with Gasteiger partial charge in [-0.05, 0) is 41.8 Å². The summed E-state index contributed by atoms with van der Waals surface area (Å²) in [6.45, 7) is 1.97. The Labute approximate surface area is 176 Å². The first-order valence-corrected chi connectivity index (χ1v) is 10.2. The number of aromatic nitrogens is 1. The van der Waals surface area contributed by atoms with Crippen molar-refractivity contribution in [1.29, 1.82) is 0 Å². The van der Waals surface area contributed by atoms with Gasteiger partial charge in [-0.1, -0.05) is 60.7 Å². The Hall–Kier alpha value is -3.40. The van der Waals surface area contributed by atoms with Gasteiger partial charge in [0.15, 0.2) is 0 Å². The van der Waals surface area contributed by atoms with Crippen LogP contribution in [0.1, 0.15) is 42.0 Å². The maximum Gasteiger partial charge on any atom is 0.221 e. The number of hydrogen-bond acceptors (Lipinski definition) is 1. The molecule has 2 atom stereocenters. The maximum atomic E-state index is 14.0. The Balaban J connectivity index is 1.67. The van der Waals surface area contributed by atoms with Crippen molar-refractivity contribution in [1.82, 2.24) is 9.88 Å².